The number of carbonyl (C=O) groups is 1. The highest BCUT2D eigenvalue weighted by Crippen LogP contribution is 2.22. The number of hydrogen-bond acceptors (Lipinski definition) is 5. The van der Waals surface area contributed by atoms with Crippen LogP contribution in [0.3, 0.4) is 0 Å². The van der Waals surface area contributed by atoms with E-state index >= 15 is 0 Å². The lowest BCUT2D eigenvalue weighted by atomic mass is 10.1. The molecule has 1 aliphatic heterocycles. The second-order valence-electron chi connectivity index (χ2n) is 5.72. The molecule has 5 nitrogen and oxygen atoms in total. The van der Waals surface area contributed by atoms with Crippen molar-refractivity contribution < 1.29 is 14.3 Å². The van der Waals surface area contributed by atoms with Crippen molar-refractivity contribution in [2.24, 2.45) is 5.92 Å². The van der Waals surface area contributed by atoms with E-state index < -0.39 is 0 Å². The van der Waals surface area contributed by atoms with Gasteiger partial charge in [0, 0.05) is 31.6 Å². The Bertz CT molecular complexity index is 498. The summed E-state index contributed by atoms with van der Waals surface area (Å²) in [6.07, 6.45) is 1.15. The molecule has 0 aliphatic carbocycles. The highest BCUT2D eigenvalue weighted by atomic mass is 32.2. The van der Waals surface area contributed by atoms with Crippen molar-refractivity contribution in [2.75, 3.05) is 52.8 Å². The van der Waals surface area contributed by atoms with Crippen molar-refractivity contribution in [1.82, 2.24) is 10.2 Å². The molecule has 1 N–H and O–H groups in total. The van der Waals surface area contributed by atoms with Gasteiger partial charge in [-0.3, -0.25) is 4.79 Å². The Balaban J connectivity index is 1.63. The molecule has 1 heterocycles. The van der Waals surface area contributed by atoms with Gasteiger partial charge >= 0.3 is 0 Å². The molecule has 23 heavy (non-hydrogen) atoms. The molecule has 2 rings (SSSR count). The lowest BCUT2D eigenvalue weighted by Gasteiger charge is -2.15. The van der Waals surface area contributed by atoms with E-state index in [1.54, 1.807) is 14.2 Å². The third-order valence-corrected chi connectivity index (χ3v) is 4.97. The fourth-order valence-corrected chi connectivity index (χ4v) is 3.43. The third kappa shape index (κ3) is 6.41. The van der Waals surface area contributed by atoms with E-state index in [0.29, 0.717) is 11.7 Å². The smallest absolute Gasteiger partial charge is 0.230 e. The molecule has 1 saturated heterocycles. The molecule has 0 spiro atoms. The van der Waals surface area contributed by atoms with E-state index in [2.05, 4.69) is 10.2 Å². The molecule has 1 aliphatic rings. The molecular formula is C17H26N2O3S. The number of carbonyl (C=O) groups excluding carboxylic acids is 1. The minimum absolute atomic E-state index is 0.0909. The highest BCUT2D eigenvalue weighted by Gasteiger charge is 2.22. The summed E-state index contributed by atoms with van der Waals surface area (Å²) >= 11 is 1.53. The van der Waals surface area contributed by atoms with Crippen LogP contribution >= 0.6 is 11.8 Å². The number of thioether (sulfide) groups is 1. The highest BCUT2D eigenvalue weighted by molar-refractivity contribution is 8.00. The monoisotopic (exact) mass is 338 g/mol. The number of rotatable bonds is 9. The van der Waals surface area contributed by atoms with E-state index in [9.17, 15) is 4.79 Å². The molecule has 0 bridgehead atoms. The average molecular weight is 338 g/mol. The largest absolute Gasteiger partial charge is 0.497 e. The molecule has 1 aromatic carbocycles. The van der Waals surface area contributed by atoms with Crippen LogP contribution in [0.1, 0.15) is 6.42 Å². The van der Waals surface area contributed by atoms with Gasteiger partial charge in [-0.15, -0.1) is 11.8 Å². The zero-order valence-electron chi connectivity index (χ0n) is 13.9. The van der Waals surface area contributed by atoms with Crippen LogP contribution in [0.15, 0.2) is 29.2 Å². The van der Waals surface area contributed by atoms with Crippen molar-refractivity contribution in [3.63, 3.8) is 0 Å². The van der Waals surface area contributed by atoms with Gasteiger partial charge in [-0.05, 0) is 37.1 Å². The van der Waals surface area contributed by atoms with Crippen LogP contribution in [0.4, 0.5) is 0 Å². The second kappa shape index (κ2) is 9.80. The van der Waals surface area contributed by atoms with Gasteiger partial charge in [0.05, 0.1) is 19.5 Å². The number of methoxy groups -OCH3 is 2. The Morgan fingerprint density at radius 2 is 2.30 bits per heavy atom. The van der Waals surface area contributed by atoms with E-state index in [1.807, 2.05) is 24.3 Å². The van der Waals surface area contributed by atoms with Crippen LogP contribution in [-0.4, -0.2) is 63.6 Å². The summed E-state index contributed by atoms with van der Waals surface area (Å²) in [5.74, 6) is 1.90. The van der Waals surface area contributed by atoms with Crippen molar-refractivity contribution in [3.8, 4) is 5.75 Å². The Hall–Kier alpha value is -1.24. The van der Waals surface area contributed by atoms with Gasteiger partial charge in [0.15, 0.2) is 0 Å². The van der Waals surface area contributed by atoms with Crippen LogP contribution in [0.2, 0.25) is 0 Å². The van der Waals surface area contributed by atoms with Gasteiger partial charge in [0.1, 0.15) is 5.75 Å². The number of amides is 1. The fraction of sp³-hybridized carbons (Fsp3) is 0.588. The molecule has 6 heteroatoms. The molecule has 1 atom stereocenters. The topological polar surface area (TPSA) is 50.8 Å². The molecule has 1 amide bonds. The maximum absolute atomic E-state index is 12.0. The molecule has 0 aromatic heterocycles. The summed E-state index contributed by atoms with van der Waals surface area (Å²) in [6, 6.07) is 7.78. The minimum atomic E-state index is 0.0909. The fourth-order valence-electron chi connectivity index (χ4n) is 2.65. The first-order valence-corrected chi connectivity index (χ1v) is 8.94. The minimum Gasteiger partial charge on any atom is -0.497 e. The van der Waals surface area contributed by atoms with Crippen LogP contribution in [0.5, 0.6) is 5.75 Å². The van der Waals surface area contributed by atoms with E-state index in [0.717, 1.165) is 49.9 Å². The number of hydrogen-bond donors (Lipinski definition) is 1. The van der Waals surface area contributed by atoms with E-state index in [-0.39, 0.29) is 5.91 Å². The maximum Gasteiger partial charge on any atom is 0.230 e. The van der Waals surface area contributed by atoms with Gasteiger partial charge in [0.2, 0.25) is 5.91 Å². The molecule has 1 fully saturated rings. The standard InChI is InChI=1S/C17H26N2O3S/c1-21-9-8-19-7-6-14(12-19)11-18-17(20)13-23-16-5-3-4-15(10-16)22-2/h3-5,10,14H,6-9,11-13H2,1-2H3,(H,18,20). The second-order valence-corrected chi connectivity index (χ2v) is 6.77. The SMILES string of the molecule is COCCN1CCC(CNC(=O)CSc2cccc(OC)c2)C1. The Morgan fingerprint density at radius 1 is 1.43 bits per heavy atom. The molecule has 0 radical (unpaired) electrons. The summed E-state index contributed by atoms with van der Waals surface area (Å²) in [7, 11) is 3.38. The van der Waals surface area contributed by atoms with Crippen LogP contribution in [0.25, 0.3) is 0 Å². The Morgan fingerprint density at radius 3 is 3.09 bits per heavy atom. The van der Waals surface area contributed by atoms with Crippen molar-refractivity contribution in [1.29, 1.82) is 0 Å². The lowest BCUT2D eigenvalue weighted by Crippen LogP contribution is -2.32. The van der Waals surface area contributed by atoms with Crippen LogP contribution in [0, 0.1) is 5.92 Å². The summed E-state index contributed by atoms with van der Waals surface area (Å²) in [4.78, 5) is 15.4. The molecule has 1 aromatic rings. The number of likely N-dealkylation sites (tertiary alicyclic amines) is 1. The first kappa shape index (κ1) is 18.1. The summed E-state index contributed by atoms with van der Waals surface area (Å²) in [6.45, 7) is 4.67. The van der Waals surface area contributed by atoms with Gasteiger partial charge in [0.25, 0.3) is 0 Å². The number of nitrogens with one attached hydrogen (secondary N) is 1. The zero-order valence-corrected chi connectivity index (χ0v) is 14.7. The van der Waals surface area contributed by atoms with Crippen molar-refractivity contribution in [3.05, 3.63) is 24.3 Å². The number of nitrogens with zero attached hydrogens (tertiary/aromatic N) is 1. The first-order valence-electron chi connectivity index (χ1n) is 7.96. The molecule has 1 unspecified atom stereocenters. The van der Waals surface area contributed by atoms with Gasteiger partial charge in [-0.1, -0.05) is 6.07 Å². The normalized spacial score (nSPS) is 18.1. The van der Waals surface area contributed by atoms with Crippen molar-refractivity contribution >= 4 is 17.7 Å². The summed E-state index contributed by atoms with van der Waals surface area (Å²) < 4.78 is 10.3. The molecule has 128 valence electrons. The number of benzene rings is 1. The van der Waals surface area contributed by atoms with E-state index in [4.69, 9.17) is 9.47 Å². The first-order chi connectivity index (χ1) is 11.2. The Labute approximate surface area is 142 Å². The predicted molar refractivity (Wildman–Crippen MR) is 93.2 cm³/mol. The van der Waals surface area contributed by atoms with Crippen LogP contribution in [-0.2, 0) is 9.53 Å². The average Bonchev–Trinajstić information content (AvgIpc) is 3.04. The number of ether oxygens (including phenoxy) is 2. The molecule has 0 saturated carbocycles. The van der Waals surface area contributed by atoms with Gasteiger partial charge in [-0.2, -0.15) is 0 Å². The third-order valence-electron chi connectivity index (χ3n) is 3.98. The summed E-state index contributed by atoms with van der Waals surface area (Å²) in [5.41, 5.74) is 0. The zero-order chi connectivity index (χ0) is 16.5. The molecular weight excluding hydrogens is 312 g/mol. The Kier molecular flexibility index (Phi) is 7.71. The maximum atomic E-state index is 12.0. The quantitative estimate of drug-likeness (QED) is 0.697. The van der Waals surface area contributed by atoms with Crippen molar-refractivity contribution in [2.45, 2.75) is 11.3 Å². The van der Waals surface area contributed by atoms with Gasteiger partial charge < -0.3 is 19.7 Å². The van der Waals surface area contributed by atoms with Gasteiger partial charge in [-0.25, -0.2) is 0 Å². The summed E-state index contributed by atoms with van der Waals surface area (Å²) in [5, 5.41) is 3.05. The van der Waals surface area contributed by atoms with E-state index in [1.165, 1.54) is 11.8 Å². The predicted octanol–water partition coefficient (Wildman–Crippen LogP) is 1.87. The van der Waals surface area contributed by atoms with Crippen LogP contribution < -0.4 is 10.1 Å². The lowest BCUT2D eigenvalue weighted by molar-refractivity contribution is -0.118.